The molecule has 2 heterocycles. The van der Waals surface area contributed by atoms with Gasteiger partial charge in [-0.2, -0.15) is 0 Å². The maximum absolute atomic E-state index is 10.3. The predicted octanol–water partition coefficient (Wildman–Crippen LogP) is 3.41. The van der Waals surface area contributed by atoms with Gasteiger partial charge >= 0.3 is 0 Å². The van der Waals surface area contributed by atoms with Crippen LogP contribution in [0.2, 0.25) is 0 Å². The van der Waals surface area contributed by atoms with Crippen LogP contribution in [0, 0.1) is 0 Å². The number of rotatable bonds is 3. The fourth-order valence-corrected chi connectivity index (χ4v) is 3.57. The smallest absolute Gasteiger partial charge is 0.138 e. The second-order valence-electron chi connectivity index (χ2n) is 7.51. The lowest BCUT2D eigenvalue weighted by Crippen LogP contribution is -2.23. The Kier molecular flexibility index (Phi) is 3.58. The van der Waals surface area contributed by atoms with Crippen molar-refractivity contribution in [1.29, 1.82) is 0 Å². The van der Waals surface area contributed by atoms with E-state index in [0.29, 0.717) is 30.9 Å². The monoisotopic (exact) mass is 342 g/mol. The fourth-order valence-electron chi connectivity index (χ4n) is 3.57. The van der Waals surface area contributed by atoms with Crippen molar-refractivity contribution in [3.05, 3.63) is 47.0 Å². The number of benzene rings is 2. The Hall–Kier alpha value is -2.40. The Morgan fingerprint density at radius 1 is 1.08 bits per heavy atom. The van der Waals surface area contributed by atoms with Crippen LogP contribution in [0.4, 0.5) is 0 Å². The lowest BCUT2D eigenvalue weighted by Gasteiger charge is -2.27. The van der Waals surface area contributed by atoms with Crippen molar-refractivity contribution in [2.45, 2.75) is 44.3 Å². The van der Waals surface area contributed by atoms with Gasteiger partial charge in [0.25, 0.3) is 0 Å². The van der Waals surface area contributed by atoms with Crippen LogP contribution in [0.15, 0.2) is 30.3 Å². The molecule has 0 saturated heterocycles. The van der Waals surface area contributed by atoms with Crippen molar-refractivity contribution in [2.24, 2.45) is 0 Å². The quantitative estimate of drug-likeness (QED) is 0.797. The molecule has 2 aliphatic heterocycles. The third-order valence-electron chi connectivity index (χ3n) is 4.96. The highest BCUT2D eigenvalue weighted by Gasteiger charge is 2.41. The number of ether oxygens (including phenoxy) is 2. The highest BCUT2D eigenvalue weighted by atomic mass is 16.5. The highest BCUT2D eigenvalue weighted by Crippen LogP contribution is 2.52. The Labute approximate surface area is 146 Å². The minimum Gasteiger partial charge on any atom is -0.508 e. The summed E-state index contributed by atoms with van der Waals surface area (Å²) >= 11 is 0. The van der Waals surface area contributed by atoms with Crippen LogP contribution < -0.4 is 9.47 Å². The first kappa shape index (κ1) is 16.1. The molecule has 0 fully saturated rings. The minimum atomic E-state index is -0.778. The molecule has 0 amide bonds. The summed E-state index contributed by atoms with van der Waals surface area (Å²) in [5.41, 5.74) is 1.95. The van der Waals surface area contributed by atoms with Gasteiger partial charge in [-0.15, -0.1) is 0 Å². The van der Waals surface area contributed by atoms with Crippen LogP contribution in [0.25, 0.3) is 0 Å². The molecule has 2 aromatic rings. The molecule has 0 unspecified atom stereocenters. The SMILES string of the molecule is CC(C)(O)CCc1cc2c(cc1O)O[C@H]1c3ccc(O)cc3OC[C@@H]21. The van der Waals surface area contributed by atoms with Crippen molar-refractivity contribution in [2.75, 3.05) is 6.61 Å². The van der Waals surface area contributed by atoms with Gasteiger partial charge in [-0.1, -0.05) is 0 Å². The Bertz CT molecular complexity index is 822. The summed E-state index contributed by atoms with van der Waals surface area (Å²) < 4.78 is 11.9. The number of aliphatic hydroxyl groups is 1. The van der Waals surface area contributed by atoms with Crippen molar-refractivity contribution < 1.29 is 24.8 Å². The zero-order valence-corrected chi connectivity index (χ0v) is 14.3. The molecule has 2 aromatic carbocycles. The van der Waals surface area contributed by atoms with E-state index in [-0.39, 0.29) is 23.5 Å². The summed E-state index contributed by atoms with van der Waals surface area (Å²) in [5, 5.41) is 29.9. The van der Waals surface area contributed by atoms with Crippen molar-refractivity contribution in [1.82, 2.24) is 0 Å². The topological polar surface area (TPSA) is 79.2 Å². The van der Waals surface area contributed by atoms with Gasteiger partial charge in [-0.25, -0.2) is 0 Å². The fraction of sp³-hybridized carbons (Fsp3) is 0.400. The average Bonchev–Trinajstić information content (AvgIpc) is 2.89. The van der Waals surface area contributed by atoms with Gasteiger partial charge in [0, 0.05) is 23.3 Å². The third-order valence-corrected chi connectivity index (χ3v) is 4.96. The number of hydrogen-bond acceptors (Lipinski definition) is 5. The number of fused-ring (bicyclic) bond motifs is 5. The summed E-state index contributed by atoms with van der Waals surface area (Å²) in [6, 6.07) is 8.68. The van der Waals surface area contributed by atoms with Gasteiger partial charge in [-0.05, 0) is 50.5 Å². The molecular formula is C20H22O5. The van der Waals surface area contributed by atoms with Crippen LogP contribution in [0.1, 0.15) is 49.0 Å². The van der Waals surface area contributed by atoms with E-state index >= 15 is 0 Å². The van der Waals surface area contributed by atoms with Crippen LogP contribution in [-0.2, 0) is 6.42 Å². The molecule has 4 rings (SSSR count). The maximum atomic E-state index is 10.3. The summed E-state index contributed by atoms with van der Waals surface area (Å²) in [4.78, 5) is 0. The number of aromatic hydroxyl groups is 2. The zero-order valence-electron chi connectivity index (χ0n) is 14.3. The normalized spacial score (nSPS) is 20.9. The van der Waals surface area contributed by atoms with Gasteiger partial charge in [0.2, 0.25) is 0 Å². The van der Waals surface area contributed by atoms with Gasteiger partial charge in [0.05, 0.1) is 18.1 Å². The zero-order chi connectivity index (χ0) is 17.8. The van der Waals surface area contributed by atoms with E-state index in [1.54, 1.807) is 32.0 Å². The molecule has 5 heteroatoms. The number of phenolic OH excluding ortho intramolecular Hbond substituents is 2. The first-order chi connectivity index (χ1) is 11.8. The molecule has 25 heavy (non-hydrogen) atoms. The summed E-state index contributed by atoms with van der Waals surface area (Å²) in [6.07, 6.45) is 0.974. The Morgan fingerprint density at radius 2 is 1.88 bits per heavy atom. The minimum absolute atomic E-state index is 0.0496. The first-order valence-corrected chi connectivity index (χ1v) is 8.52. The molecule has 0 aromatic heterocycles. The van der Waals surface area contributed by atoms with E-state index in [1.165, 1.54) is 0 Å². The Balaban J connectivity index is 1.66. The number of hydrogen-bond donors (Lipinski definition) is 3. The highest BCUT2D eigenvalue weighted by molar-refractivity contribution is 5.54. The average molecular weight is 342 g/mol. The van der Waals surface area contributed by atoms with E-state index in [0.717, 1.165) is 16.7 Å². The molecule has 3 N–H and O–H groups in total. The molecule has 0 spiro atoms. The first-order valence-electron chi connectivity index (χ1n) is 8.52. The third kappa shape index (κ3) is 2.89. The Morgan fingerprint density at radius 3 is 2.64 bits per heavy atom. The molecule has 0 radical (unpaired) electrons. The van der Waals surface area contributed by atoms with E-state index in [9.17, 15) is 15.3 Å². The summed E-state index contributed by atoms with van der Waals surface area (Å²) in [7, 11) is 0. The van der Waals surface area contributed by atoms with Crippen LogP contribution >= 0.6 is 0 Å². The molecular weight excluding hydrogens is 320 g/mol. The second kappa shape index (κ2) is 5.56. The number of aryl methyl sites for hydroxylation is 1. The lowest BCUT2D eigenvalue weighted by atomic mass is 9.87. The van der Waals surface area contributed by atoms with Gasteiger partial charge in [0.15, 0.2) is 0 Å². The largest absolute Gasteiger partial charge is 0.508 e. The van der Waals surface area contributed by atoms with Gasteiger partial charge in [0.1, 0.15) is 29.1 Å². The molecule has 5 nitrogen and oxygen atoms in total. The van der Waals surface area contributed by atoms with Gasteiger partial charge in [-0.3, -0.25) is 0 Å². The van der Waals surface area contributed by atoms with E-state index < -0.39 is 5.60 Å². The molecule has 132 valence electrons. The molecule has 2 atom stereocenters. The molecule has 2 aliphatic rings. The van der Waals surface area contributed by atoms with Crippen molar-refractivity contribution >= 4 is 0 Å². The van der Waals surface area contributed by atoms with Crippen LogP contribution in [0.3, 0.4) is 0 Å². The van der Waals surface area contributed by atoms with Crippen LogP contribution in [-0.4, -0.2) is 27.5 Å². The van der Waals surface area contributed by atoms with Crippen molar-refractivity contribution in [3.8, 4) is 23.0 Å². The standard InChI is InChI=1S/C20H22O5/c1-20(2,23)6-5-11-7-14-15-10-24-17-8-12(21)3-4-13(17)19(15)25-18(14)9-16(11)22/h3-4,7-9,15,19,21-23H,5-6,10H2,1-2H3/t15-,19-/m0/s1. The summed E-state index contributed by atoms with van der Waals surface area (Å²) in [6.45, 7) is 3.99. The van der Waals surface area contributed by atoms with Gasteiger partial charge < -0.3 is 24.8 Å². The van der Waals surface area contributed by atoms with E-state index in [2.05, 4.69) is 0 Å². The molecule has 0 bridgehead atoms. The molecule has 0 aliphatic carbocycles. The van der Waals surface area contributed by atoms with E-state index in [4.69, 9.17) is 9.47 Å². The van der Waals surface area contributed by atoms with Crippen LogP contribution in [0.5, 0.6) is 23.0 Å². The lowest BCUT2D eigenvalue weighted by molar-refractivity contribution is 0.0712. The predicted molar refractivity (Wildman–Crippen MR) is 92.4 cm³/mol. The maximum Gasteiger partial charge on any atom is 0.138 e. The molecule has 0 saturated carbocycles. The van der Waals surface area contributed by atoms with E-state index in [1.807, 2.05) is 12.1 Å². The summed E-state index contributed by atoms with van der Waals surface area (Å²) in [5.74, 6) is 1.71. The number of phenols is 2. The second-order valence-corrected chi connectivity index (χ2v) is 7.51. The van der Waals surface area contributed by atoms with Crippen molar-refractivity contribution in [3.63, 3.8) is 0 Å².